The van der Waals surface area contributed by atoms with Gasteiger partial charge in [0.2, 0.25) is 0 Å². The highest BCUT2D eigenvalue weighted by Gasteiger charge is 2.09. The molecule has 0 spiro atoms. The molecule has 1 heterocycles. The molecule has 0 aliphatic rings. The maximum absolute atomic E-state index is 11.7. The van der Waals surface area contributed by atoms with Gasteiger partial charge in [0, 0.05) is 0 Å². The van der Waals surface area contributed by atoms with Gasteiger partial charge in [-0.25, -0.2) is 0 Å². The molecular weight excluding hydrogens is 350 g/mol. The highest BCUT2D eigenvalue weighted by molar-refractivity contribution is 7.80. The first-order chi connectivity index (χ1) is 11.6. The van der Waals surface area contributed by atoms with Crippen molar-refractivity contribution in [2.24, 2.45) is 0 Å². The quantitative estimate of drug-likeness (QED) is 0.549. The van der Waals surface area contributed by atoms with Crippen LogP contribution >= 0.6 is 23.6 Å². The van der Waals surface area contributed by atoms with E-state index in [1.54, 1.807) is 48.9 Å². The standard InChI is InChI=1S/C15H15N3O4S2/c1-21-10-4-6-11(7-5-10)22-9-13(19)17-18-15(23)16-14(20)12-3-2-8-24-12/h2-8H,9H2,1H3,(H,17,19)(H2,16,18,20,23). The first-order valence-electron chi connectivity index (χ1n) is 6.79. The lowest BCUT2D eigenvalue weighted by Crippen LogP contribution is -2.49. The van der Waals surface area contributed by atoms with Gasteiger partial charge in [-0.05, 0) is 47.9 Å². The van der Waals surface area contributed by atoms with Crippen molar-refractivity contribution in [3.8, 4) is 11.5 Å². The normalized spacial score (nSPS) is 9.71. The van der Waals surface area contributed by atoms with Crippen LogP contribution in [-0.2, 0) is 4.79 Å². The predicted molar refractivity (Wildman–Crippen MR) is 94.2 cm³/mol. The Labute approximate surface area is 147 Å². The van der Waals surface area contributed by atoms with Gasteiger partial charge in [0.15, 0.2) is 11.7 Å². The van der Waals surface area contributed by atoms with Crippen LogP contribution in [0.25, 0.3) is 0 Å². The minimum Gasteiger partial charge on any atom is -0.497 e. The molecule has 126 valence electrons. The lowest BCUT2D eigenvalue weighted by molar-refractivity contribution is -0.123. The number of nitrogens with one attached hydrogen (secondary N) is 3. The summed E-state index contributed by atoms with van der Waals surface area (Å²) < 4.78 is 10.3. The summed E-state index contributed by atoms with van der Waals surface area (Å²) in [4.78, 5) is 23.9. The number of thiophene rings is 1. The van der Waals surface area contributed by atoms with E-state index in [0.717, 1.165) is 0 Å². The van der Waals surface area contributed by atoms with E-state index in [9.17, 15) is 9.59 Å². The van der Waals surface area contributed by atoms with Crippen LogP contribution < -0.4 is 25.6 Å². The van der Waals surface area contributed by atoms with Crippen molar-refractivity contribution in [3.05, 3.63) is 46.7 Å². The fourth-order valence-electron chi connectivity index (χ4n) is 1.59. The Kier molecular flexibility index (Phi) is 6.52. The molecule has 1 aromatic heterocycles. The smallest absolute Gasteiger partial charge is 0.276 e. The molecule has 1 aromatic carbocycles. The highest BCUT2D eigenvalue weighted by atomic mass is 32.1. The Hall–Kier alpha value is -2.65. The van der Waals surface area contributed by atoms with Crippen LogP contribution in [0.15, 0.2) is 41.8 Å². The molecule has 0 fully saturated rings. The lowest BCUT2D eigenvalue weighted by Gasteiger charge is -2.11. The number of carbonyl (C=O) groups is 2. The zero-order valence-electron chi connectivity index (χ0n) is 12.7. The zero-order valence-corrected chi connectivity index (χ0v) is 14.3. The second kappa shape index (κ2) is 8.85. The minimum atomic E-state index is -0.446. The van der Waals surface area contributed by atoms with Gasteiger partial charge in [-0.2, -0.15) is 0 Å². The lowest BCUT2D eigenvalue weighted by atomic mass is 10.3. The summed E-state index contributed by atoms with van der Waals surface area (Å²) in [5, 5.41) is 4.22. The van der Waals surface area contributed by atoms with E-state index in [1.807, 2.05) is 0 Å². The van der Waals surface area contributed by atoms with Crippen molar-refractivity contribution >= 4 is 40.5 Å². The molecule has 0 saturated carbocycles. The third-order valence-electron chi connectivity index (χ3n) is 2.72. The molecule has 0 unspecified atom stereocenters. The largest absolute Gasteiger partial charge is 0.497 e. The predicted octanol–water partition coefficient (Wildman–Crippen LogP) is 1.47. The molecule has 3 N–H and O–H groups in total. The number of hydrogen-bond donors (Lipinski definition) is 3. The Morgan fingerprint density at radius 1 is 1.12 bits per heavy atom. The number of amides is 2. The fraction of sp³-hybridized carbons (Fsp3) is 0.133. The number of hydrazine groups is 1. The molecule has 0 saturated heterocycles. The third kappa shape index (κ3) is 5.52. The molecule has 9 heteroatoms. The number of methoxy groups -OCH3 is 1. The second-order valence-electron chi connectivity index (χ2n) is 4.40. The van der Waals surface area contributed by atoms with Crippen LogP contribution in [0.5, 0.6) is 11.5 Å². The zero-order chi connectivity index (χ0) is 17.4. The van der Waals surface area contributed by atoms with Crippen molar-refractivity contribution in [1.82, 2.24) is 16.2 Å². The summed E-state index contributed by atoms with van der Waals surface area (Å²) in [6.07, 6.45) is 0. The summed E-state index contributed by atoms with van der Waals surface area (Å²) >= 11 is 6.21. The Bertz CT molecular complexity index is 702. The maximum atomic E-state index is 11.7. The average molecular weight is 365 g/mol. The van der Waals surface area contributed by atoms with E-state index in [-0.39, 0.29) is 17.6 Å². The first kappa shape index (κ1) is 17.7. The van der Waals surface area contributed by atoms with E-state index in [0.29, 0.717) is 16.4 Å². The van der Waals surface area contributed by atoms with Crippen molar-refractivity contribution < 1.29 is 19.1 Å². The average Bonchev–Trinajstić information content (AvgIpc) is 3.13. The van der Waals surface area contributed by atoms with Crippen LogP contribution in [0.3, 0.4) is 0 Å². The van der Waals surface area contributed by atoms with E-state index in [2.05, 4.69) is 16.2 Å². The van der Waals surface area contributed by atoms with Gasteiger partial charge in [0.25, 0.3) is 11.8 Å². The Morgan fingerprint density at radius 3 is 2.46 bits per heavy atom. The number of thiocarbonyl (C=S) groups is 1. The molecular formula is C15H15N3O4S2. The molecule has 0 bridgehead atoms. The fourth-order valence-corrected chi connectivity index (χ4v) is 2.35. The van der Waals surface area contributed by atoms with Crippen LogP contribution in [-0.4, -0.2) is 30.6 Å². The van der Waals surface area contributed by atoms with Gasteiger partial charge < -0.3 is 9.47 Å². The monoisotopic (exact) mass is 365 g/mol. The molecule has 2 aromatic rings. The van der Waals surface area contributed by atoms with Crippen LogP contribution in [0, 0.1) is 0 Å². The summed E-state index contributed by atoms with van der Waals surface area (Å²) in [7, 11) is 1.56. The van der Waals surface area contributed by atoms with E-state index >= 15 is 0 Å². The molecule has 7 nitrogen and oxygen atoms in total. The first-order valence-corrected chi connectivity index (χ1v) is 8.08. The number of benzene rings is 1. The van der Waals surface area contributed by atoms with Crippen molar-refractivity contribution in [2.75, 3.05) is 13.7 Å². The van der Waals surface area contributed by atoms with E-state index < -0.39 is 5.91 Å². The SMILES string of the molecule is COc1ccc(OCC(=O)NNC(=S)NC(=O)c2cccs2)cc1. The van der Waals surface area contributed by atoms with Crippen LogP contribution in [0.1, 0.15) is 9.67 Å². The third-order valence-corrected chi connectivity index (χ3v) is 3.79. The molecule has 0 atom stereocenters. The van der Waals surface area contributed by atoms with Crippen molar-refractivity contribution in [1.29, 1.82) is 0 Å². The molecule has 0 aliphatic carbocycles. The summed E-state index contributed by atoms with van der Waals surface area (Å²) in [5.74, 6) is 0.435. The molecule has 2 rings (SSSR count). The minimum absolute atomic E-state index is 0.00815. The molecule has 0 aliphatic heterocycles. The number of ether oxygens (including phenoxy) is 2. The van der Waals surface area contributed by atoms with Gasteiger partial charge in [-0.3, -0.25) is 25.8 Å². The Morgan fingerprint density at radius 2 is 1.83 bits per heavy atom. The van der Waals surface area contributed by atoms with Gasteiger partial charge in [-0.1, -0.05) is 6.07 Å². The molecule has 2 amide bonds. The molecule has 0 radical (unpaired) electrons. The number of carbonyl (C=O) groups excluding carboxylic acids is 2. The van der Waals surface area contributed by atoms with Crippen LogP contribution in [0.2, 0.25) is 0 Å². The van der Waals surface area contributed by atoms with E-state index in [1.165, 1.54) is 11.3 Å². The van der Waals surface area contributed by atoms with Gasteiger partial charge in [-0.15, -0.1) is 11.3 Å². The van der Waals surface area contributed by atoms with Gasteiger partial charge in [0.05, 0.1) is 12.0 Å². The van der Waals surface area contributed by atoms with Gasteiger partial charge in [0.1, 0.15) is 11.5 Å². The van der Waals surface area contributed by atoms with E-state index in [4.69, 9.17) is 21.7 Å². The summed E-state index contributed by atoms with van der Waals surface area (Å²) in [6.45, 7) is -0.208. The molecule has 24 heavy (non-hydrogen) atoms. The summed E-state index contributed by atoms with van der Waals surface area (Å²) in [6, 6.07) is 10.2. The van der Waals surface area contributed by atoms with Crippen LogP contribution in [0.4, 0.5) is 0 Å². The highest BCUT2D eigenvalue weighted by Crippen LogP contribution is 2.16. The maximum Gasteiger partial charge on any atom is 0.276 e. The van der Waals surface area contributed by atoms with Crippen molar-refractivity contribution in [2.45, 2.75) is 0 Å². The topological polar surface area (TPSA) is 88.7 Å². The number of rotatable bonds is 5. The Balaban J connectivity index is 1.68. The van der Waals surface area contributed by atoms with Gasteiger partial charge >= 0.3 is 0 Å². The summed E-state index contributed by atoms with van der Waals surface area (Å²) in [5.41, 5.74) is 4.77. The second-order valence-corrected chi connectivity index (χ2v) is 5.75. The van der Waals surface area contributed by atoms with Crippen molar-refractivity contribution in [3.63, 3.8) is 0 Å². The number of hydrogen-bond acceptors (Lipinski definition) is 6.